The molecule has 1 aliphatic heterocycles. The van der Waals surface area contributed by atoms with Gasteiger partial charge in [-0.25, -0.2) is 4.98 Å². The lowest BCUT2D eigenvalue weighted by atomic mass is 10.2. The number of hydrogen-bond acceptors (Lipinski definition) is 5. The molecule has 2 heterocycles. The molecule has 1 N–H and O–H groups in total. The van der Waals surface area contributed by atoms with Crippen molar-refractivity contribution in [3.05, 3.63) is 23.9 Å². The molecular formula is C15H20F3N3O3. The van der Waals surface area contributed by atoms with Crippen LogP contribution in [0.5, 0.6) is 0 Å². The molecule has 1 aliphatic rings. The number of aromatic nitrogens is 1. The minimum absolute atomic E-state index is 0.166. The third-order valence-electron chi connectivity index (χ3n) is 3.50. The Morgan fingerprint density at radius 1 is 1.46 bits per heavy atom. The van der Waals surface area contributed by atoms with Gasteiger partial charge in [0.15, 0.2) is 0 Å². The molecule has 1 aromatic heterocycles. The van der Waals surface area contributed by atoms with Crippen molar-refractivity contribution in [3.8, 4) is 0 Å². The first-order valence-corrected chi connectivity index (χ1v) is 7.59. The number of rotatable bonds is 6. The molecule has 1 amide bonds. The van der Waals surface area contributed by atoms with Gasteiger partial charge in [0, 0.05) is 31.4 Å². The maximum Gasteiger partial charge on any atom is 0.411 e. The van der Waals surface area contributed by atoms with Gasteiger partial charge in [0.05, 0.1) is 13.2 Å². The number of halogens is 3. The number of carbonyl (C=O) groups excluding carboxylic acids is 1. The molecule has 1 atom stereocenters. The van der Waals surface area contributed by atoms with Crippen LogP contribution in [0.4, 0.5) is 19.0 Å². The molecule has 0 radical (unpaired) electrons. The Labute approximate surface area is 137 Å². The fraction of sp³-hybridized carbons (Fsp3) is 0.600. The summed E-state index contributed by atoms with van der Waals surface area (Å²) in [6.07, 6.45) is -3.98. The standard InChI is InChI=1S/C15H20F3N3O3/c1-11(24-10-15(16,17)18)14(22)20-9-12-3-2-4-19-13(12)21-5-7-23-8-6-21/h2-4,11H,5-10H2,1H3,(H,20,22)/t11-/m1/s1. The first kappa shape index (κ1) is 18.5. The van der Waals surface area contributed by atoms with E-state index in [9.17, 15) is 18.0 Å². The fourth-order valence-corrected chi connectivity index (χ4v) is 2.25. The van der Waals surface area contributed by atoms with Crippen molar-refractivity contribution in [2.75, 3.05) is 37.8 Å². The molecule has 1 fully saturated rings. The average Bonchev–Trinajstić information content (AvgIpc) is 2.58. The van der Waals surface area contributed by atoms with E-state index in [2.05, 4.69) is 19.9 Å². The monoisotopic (exact) mass is 347 g/mol. The van der Waals surface area contributed by atoms with E-state index in [1.165, 1.54) is 6.92 Å². The lowest BCUT2D eigenvalue weighted by Crippen LogP contribution is -2.39. The maximum atomic E-state index is 12.1. The fourth-order valence-electron chi connectivity index (χ4n) is 2.25. The van der Waals surface area contributed by atoms with Gasteiger partial charge in [-0.3, -0.25) is 4.79 Å². The molecular weight excluding hydrogens is 327 g/mol. The molecule has 6 nitrogen and oxygen atoms in total. The zero-order valence-corrected chi connectivity index (χ0v) is 13.3. The van der Waals surface area contributed by atoms with Crippen LogP contribution in [0.3, 0.4) is 0 Å². The zero-order chi connectivity index (χ0) is 17.6. The van der Waals surface area contributed by atoms with Crippen LogP contribution < -0.4 is 10.2 Å². The number of anilines is 1. The zero-order valence-electron chi connectivity index (χ0n) is 13.3. The van der Waals surface area contributed by atoms with Gasteiger partial charge in [-0.15, -0.1) is 0 Å². The molecule has 9 heteroatoms. The Hall–Kier alpha value is -1.87. The molecule has 1 aromatic rings. The minimum Gasteiger partial charge on any atom is -0.378 e. The summed E-state index contributed by atoms with van der Waals surface area (Å²) in [5.74, 6) is 0.140. The number of amides is 1. The number of nitrogens with zero attached hydrogens (tertiary/aromatic N) is 2. The predicted octanol–water partition coefficient (Wildman–Crippen LogP) is 1.50. The van der Waals surface area contributed by atoms with Crippen LogP contribution >= 0.6 is 0 Å². The second-order valence-electron chi connectivity index (χ2n) is 5.37. The topological polar surface area (TPSA) is 63.7 Å². The summed E-state index contributed by atoms with van der Waals surface area (Å²) in [5, 5.41) is 2.59. The second-order valence-corrected chi connectivity index (χ2v) is 5.37. The van der Waals surface area contributed by atoms with Crippen LogP contribution in [-0.2, 0) is 20.8 Å². The third-order valence-corrected chi connectivity index (χ3v) is 3.50. The summed E-state index contributed by atoms with van der Waals surface area (Å²) in [6.45, 7) is 2.60. The average molecular weight is 347 g/mol. The van der Waals surface area contributed by atoms with Crippen LogP contribution in [0.1, 0.15) is 12.5 Å². The van der Waals surface area contributed by atoms with Crippen molar-refractivity contribution in [3.63, 3.8) is 0 Å². The Kier molecular flexibility index (Phi) is 6.38. The molecule has 1 saturated heterocycles. The van der Waals surface area contributed by atoms with Gasteiger partial charge in [-0.05, 0) is 13.0 Å². The first-order valence-electron chi connectivity index (χ1n) is 7.59. The molecule has 0 saturated carbocycles. The van der Waals surface area contributed by atoms with E-state index in [0.717, 1.165) is 11.4 Å². The maximum absolute atomic E-state index is 12.1. The minimum atomic E-state index is -4.46. The van der Waals surface area contributed by atoms with Crippen LogP contribution in [0.2, 0.25) is 0 Å². The molecule has 0 aliphatic carbocycles. The van der Waals surface area contributed by atoms with Crippen molar-refractivity contribution in [1.82, 2.24) is 10.3 Å². The van der Waals surface area contributed by atoms with Crippen molar-refractivity contribution >= 4 is 11.7 Å². The highest BCUT2D eigenvalue weighted by atomic mass is 19.4. The van der Waals surface area contributed by atoms with Crippen LogP contribution in [0, 0.1) is 0 Å². The molecule has 0 aromatic carbocycles. The number of ether oxygens (including phenoxy) is 2. The van der Waals surface area contributed by atoms with E-state index >= 15 is 0 Å². The molecule has 2 rings (SSSR count). The van der Waals surface area contributed by atoms with E-state index in [4.69, 9.17) is 4.74 Å². The van der Waals surface area contributed by atoms with Crippen LogP contribution in [0.15, 0.2) is 18.3 Å². The molecule has 134 valence electrons. The second kappa shape index (κ2) is 8.29. The number of hydrogen-bond donors (Lipinski definition) is 1. The number of pyridine rings is 1. The smallest absolute Gasteiger partial charge is 0.378 e. The Balaban J connectivity index is 1.90. The molecule has 0 bridgehead atoms. The van der Waals surface area contributed by atoms with Crippen molar-refractivity contribution in [2.45, 2.75) is 25.7 Å². The quantitative estimate of drug-likeness (QED) is 0.845. The largest absolute Gasteiger partial charge is 0.411 e. The van der Waals surface area contributed by atoms with Gasteiger partial charge < -0.3 is 19.7 Å². The number of alkyl halides is 3. The normalized spacial score (nSPS) is 16.8. The molecule has 24 heavy (non-hydrogen) atoms. The van der Waals surface area contributed by atoms with Gasteiger partial charge in [0.2, 0.25) is 5.91 Å². The van der Waals surface area contributed by atoms with Gasteiger partial charge in [0.1, 0.15) is 18.5 Å². The Morgan fingerprint density at radius 3 is 2.83 bits per heavy atom. The van der Waals surface area contributed by atoms with E-state index in [1.54, 1.807) is 12.3 Å². The predicted molar refractivity (Wildman–Crippen MR) is 80.6 cm³/mol. The molecule has 0 spiro atoms. The number of morpholine rings is 1. The highest BCUT2D eigenvalue weighted by molar-refractivity contribution is 5.80. The van der Waals surface area contributed by atoms with E-state index in [1.807, 2.05) is 6.07 Å². The Morgan fingerprint density at radius 2 is 2.17 bits per heavy atom. The van der Waals surface area contributed by atoms with Crippen LogP contribution in [-0.4, -0.2) is 56.1 Å². The van der Waals surface area contributed by atoms with E-state index in [0.29, 0.717) is 26.3 Å². The highest BCUT2D eigenvalue weighted by Gasteiger charge is 2.30. The summed E-state index contributed by atoms with van der Waals surface area (Å²) in [6, 6.07) is 3.56. The van der Waals surface area contributed by atoms with E-state index < -0.39 is 24.8 Å². The lowest BCUT2D eigenvalue weighted by molar-refractivity contribution is -0.185. The number of carbonyl (C=O) groups is 1. The van der Waals surface area contributed by atoms with Gasteiger partial charge >= 0.3 is 6.18 Å². The highest BCUT2D eigenvalue weighted by Crippen LogP contribution is 2.18. The molecule has 0 unspecified atom stereocenters. The lowest BCUT2D eigenvalue weighted by Gasteiger charge is -2.29. The SMILES string of the molecule is C[C@@H](OCC(F)(F)F)C(=O)NCc1cccnc1N1CCOCC1. The summed E-state index contributed by atoms with van der Waals surface area (Å²) < 4.78 is 46.1. The number of nitrogens with one attached hydrogen (secondary N) is 1. The summed E-state index contributed by atoms with van der Waals surface area (Å²) in [5.41, 5.74) is 0.788. The van der Waals surface area contributed by atoms with Crippen molar-refractivity contribution < 1.29 is 27.4 Å². The van der Waals surface area contributed by atoms with E-state index in [-0.39, 0.29) is 6.54 Å². The van der Waals surface area contributed by atoms with Gasteiger partial charge in [-0.2, -0.15) is 13.2 Å². The van der Waals surface area contributed by atoms with Gasteiger partial charge in [-0.1, -0.05) is 6.07 Å². The van der Waals surface area contributed by atoms with Gasteiger partial charge in [0.25, 0.3) is 0 Å². The van der Waals surface area contributed by atoms with Crippen molar-refractivity contribution in [2.24, 2.45) is 0 Å². The van der Waals surface area contributed by atoms with Crippen molar-refractivity contribution in [1.29, 1.82) is 0 Å². The summed E-state index contributed by atoms with van der Waals surface area (Å²) in [4.78, 5) is 18.2. The summed E-state index contributed by atoms with van der Waals surface area (Å²) >= 11 is 0. The van der Waals surface area contributed by atoms with Crippen LogP contribution in [0.25, 0.3) is 0 Å². The Bertz CT molecular complexity index is 548. The summed E-state index contributed by atoms with van der Waals surface area (Å²) in [7, 11) is 0. The third kappa shape index (κ3) is 5.64. The first-order chi connectivity index (χ1) is 11.4.